The van der Waals surface area contributed by atoms with Crippen LogP contribution in [-0.2, 0) is 10.0 Å². The number of aromatic nitrogens is 1. The lowest BCUT2D eigenvalue weighted by Gasteiger charge is -2.19. The Bertz CT molecular complexity index is 1390. The molecule has 0 fully saturated rings. The van der Waals surface area contributed by atoms with Crippen molar-refractivity contribution < 1.29 is 8.42 Å². The van der Waals surface area contributed by atoms with Gasteiger partial charge in [0.1, 0.15) is 0 Å². The molecule has 5 rings (SSSR count). The normalized spacial score (nSPS) is 15.8. The Labute approximate surface area is 176 Å². The molecule has 1 aliphatic carbocycles. The summed E-state index contributed by atoms with van der Waals surface area (Å²) < 4.78 is 29.3. The minimum atomic E-state index is -3.79. The maximum Gasteiger partial charge on any atom is 0.268 e. The fourth-order valence-electron chi connectivity index (χ4n) is 4.15. The highest BCUT2D eigenvalue weighted by Crippen LogP contribution is 2.40. The highest BCUT2D eigenvalue weighted by molar-refractivity contribution is 7.90. The molecule has 148 valence electrons. The van der Waals surface area contributed by atoms with Crippen molar-refractivity contribution in [3.05, 3.63) is 119 Å². The van der Waals surface area contributed by atoms with Crippen molar-refractivity contribution >= 4 is 27.0 Å². The van der Waals surface area contributed by atoms with Crippen molar-refractivity contribution in [2.75, 3.05) is 0 Å². The molecule has 3 nitrogen and oxygen atoms in total. The molecule has 1 atom stereocenters. The summed E-state index contributed by atoms with van der Waals surface area (Å²) in [5, 5.41) is 0.934. The van der Waals surface area contributed by atoms with E-state index in [1.165, 1.54) is 0 Å². The molecule has 0 saturated heterocycles. The summed E-state index contributed by atoms with van der Waals surface area (Å²) in [5.41, 5.74) is 4.50. The topological polar surface area (TPSA) is 39.1 Å². The maximum absolute atomic E-state index is 13.9. The van der Waals surface area contributed by atoms with Gasteiger partial charge in [-0.3, -0.25) is 0 Å². The molecule has 1 heterocycles. The zero-order chi connectivity index (χ0) is 20.7. The highest BCUT2D eigenvalue weighted by atomic mass is 32.2. The van der Waals surface area contributed by atoms with Gasteiger partial charge in [-0.1, -0.05) is 90.5 Å². The molecule has 1 unspecified atom stereocenters. The van der Waals surface area contributed by atoms with Crippen molar-refractivity contribution in [1.82, 2.24) is 3.97 Å². The first-order chi connectivity index (χ1) is 14.6. The van der Waals surface area contributed by atoms with Gasteiger partial charge in [0.2, 0.25) is 0 Å². The zero-order valence-corrected chi connectivity index (χ0v) is 17.4. The molecule has 4 aromatic rings. The number of hydrogen-bond acceptors (Lipinski definition) is 2. The van der Waals surface area contributed by atoms with E-state index < -0.39 is 10.0 Å². The fourth-order valence-corrected chi connectivity index (χ4v) is 5.73. The summed E-state index contributed by atoms with van der Waals surface area (Å²) in [6.45, 7) is 1.95. The van der Waals surface area contributed by atoms with Gasteiger partial charge in [0.05, 0.1) is 16.1 Å². The Kier molecular flexibility index (Phi) is 4.44. The Morgan fingerprint density at radius 3 is 2.27 bits per heavy atom. The van der Waals surface area contributed by atoms with Crippen LogP contribution in [0, 0.1) is 6.92 Å². The van der Waals surface area contributed by atoms with E-state index in [1.54, 1.807) is 16.1 Å². The van der Waals surface area contributed by atoms with E-state index in [0.717, 1.165) is 27.8 Å². The molecular weight excluding hydrogens is 390 g/mol. The lowest BCUT2D eigenvalue weighted by molar-refractivity contribution is 0.586. The summed E-state index contributed by atoms with van der Waals surface area (Å²) in [4.78, 5) is 0.292. The third-order valence-corrected chi connectivity index (χ3v) is 7.34. The molecule has 0 aliphatic heterocycles. The first-order valence-electron chi connectivity index (χ1n) is 9.93. The van der Waals surface area contributed by atoms with Crippen LogP contribution in [0.5, 0.6) is 0 Å². The van der Waals surface area contributed by atoms with E-state index in [2.05, 4.69) is 6.08 Å². The van der Waals surface area contributed by atoms with Gasteiger partial charge >= 0.3 is 0 Å². The monoisotopic (exact) mass is 411 g/mol. The first kappa shape index (κ1) is 18.6. The summed E-state index contributed by atoms with van der Waals surface area (Å²) in [6.07, 6.45) is 8.06. The van der Waals surface area contributed by atoms with Crippen LogP contribution in [0.2, 0.25) is 0 Å². The van der Waals surface area contributed by atoms with Crippen molar-refractivity contribution in [3.63, 3.8) is 0 Å². The lowest BCUT2D eigenvalue weighted by atomic mass is 9.93. The van der Waals surface area contributed by atoms with E-state index in [1.807, 2.05) is 91.9 Å². The average Bonchev–Trinajstić information content (AvgIpc) is 2.94. The van der Waals surface area contributed by atoms with Crippen LogP contribution in [0.4, 0.5) is 0 Å². The Morgan fingerprint density at radius 1 is 0.800 bits per heavy atom. The van der Waals surface area contributed by atoms with Crippen LogP contribution in [0.3, 0.4) is 0 Å². The number of benzene rings is 3. The number of allylic oxidation sites excluding steroid dienone is 3. The van der Waals surface area contributed by atoms with Gasteiger partial charge < -0.3 is 0 Å². The fraction of sp³-hybridized carbons (Fsp3) is 0.0769. The van der Waals surface area contributed by atoms with Gasteiger partial charge in [0, 0.05) is 16.9 Å². The summed E-state index contributed by atoms with van der Waals surface area (Å²) in [6, 6.07) is 24.8. The Morgan fingerprint density at radius 2 is 1.50 bits per heavy atom. The quantitative estimate of drug-likeness (QED) is 0.421. The van der Waals surface area contributed by atoms with E-state index in [0.29, 0.717) is 10.4 Å². The third-order valence-electron chi connectivity index (χ3n) is 5.60. The molecule has 0 bridgehead atoms. The molecule has 3 aromatic carbocycles. The SMILES string of the molecule is Cc1ccc(S(=O)(=O)n2c3c(c4ccccc42)C=CC=CC3c2ccccc2)cc1. The minimum Gasteiger partial charge on any atom is -0.236 e. The van der Waals surface area contributed by atoms with Gasteiger partial charge in [-0.25, -0.2) is 12.4 Å². The number of hydrogen-bond donors (Lipinski definition) is 0. The van der Waals surface area contributed by atoms with E-state index in [-0.39, 0.29) is 5.92 Å². The number of para-hydroxylation sites is 1. The van der Waals surface area contributed by atoms with Gasteiger partial charge in [0.25, 0.3) is 10.0 Å². The van der Waals surface area contributed by atoms with Gasteiger partial charge in [0.15, 0.2) is 0 Å². The molecule has 0 saturated carbocycles. The number of aryl methyl sites for hydroxylation is 1. The minimum absolute atomic E-state index is 0.177. The van der Waals surface area contributed by atoms with Crippen LogP contribution in [0.25, 0.3) is 17.0 Å². The average molecular weight is 412 g/mol. The van der Waals surface area contributed by atoms with E-state index >= 15 is 0 Å². The molecule has 0 spiro atoms. The predicted octanol–water partition coefficient (Wildman–Crippen LogP) is 5.90. The number of nitrogens with zero attached hydrogens (tertiary/aromatic N) is 1. The second kappa shape index (κ2) is 7.15. The van der Waals surface area contributed by atoms with E-state index in [4.69, 9.17) is 0 Å². The molecule has 1 aromatic heterocycles. The van der Waals surface area contributed by atoms with Gasteiger partial charge in [-0.2, -0.15) is 0 Å². The summed E-state index contributed by atoms with van der Waals surface area (Å²) in [5.74, 6) is -0.177. The molecule has 0 amide bonds. The van der Waals surface area contributed by atoms with Gasteiger partial charge in [-0.15, -0.1) is 0 Å². The van der Waals surface area contributed by atoms with Crippen LogP contribution < -0.4 is 0 Å². The predicted molar refractivity (Wildman–Crippen MR) is 122 cm³/mol. The summed E-state index contributed by atoms with van der Waals surface area (Å²) >= 11 is 0. The largest absolute Gasteiger partial charge is 0.268 e. The molecular formula is C26H21NO2S. The summed E-state index contributed by atoms with van der Waals surface area (Å²) in [7, 11) is -3.79. The number of fused-ring (bicyclic) bond motifs is 3. The molecule has 0 radical (unpaired) electrons. The standard InChI is InChI=1S/C26H21NO2S/c1-19-15-17-21(18-16-19)30(28,29)27-25-14-8-7-12-23(25)24-13-6-5-11-22(26(24)27)20-9-3-2-4-10-20/h2-18,22H,1H3. The number of rotatable bonds is 3. The smallest absolute Gasteiger partial charge is 0.236 e. The van der Waals surface area contributed by atoms with Gasteiger partial charge in [-0.05, 0) is 30.7 Å². The van der Waals surface area contributed by atoms with Crippen LogP contribution >= 0.6 is 0 Å². The molecule has 1 aliphatic rings. The van der Waals surface area contributed by atoms with Crippen LogP contribution in [-0.4, -0.2) is 12.4 Å². The van der Waals surface area contributed by atoms with Crippen LogP contribution in [0.15, 0.2) is 102 Å². The highest BCUT2D eigenvalue weighted by Gasteiger charge is 2.30. The Hall–Kier alpha value is -3.37. The molecule has 4 heteroatoms. The maximum atomic E-state index is 13.9. The third kappa shape index (κ3) is 2.92. The van der Waals surface area contributed by atoms with Crippen LogP contribution in [0.1, 0.15) is 28.3 Å². The van der Waals surface area contributed by atoms with Crippen molar-refractivity contribution in [2.45, 2.75) is 17.7 Å². The van der Waals surface area contributed by atoms with Crippen molar-refractivity contribution in [3.8, 4) is 0 Å². The molecule has 0 N–H and O–H groups in total. The second-order valence-electron chi connectivity index (χ2n) is 7.53. The first-order valence-corrected chi connectivity index (χ1v) is 11.4. The van der Waals surface area contributed by atoms with E-state index in [9.17, 15) is 8.42 Å². The van der Waals surface area contributed by atoms with Crippen molar-refractivity contribution in [1.29, 1.82) is 0 Å². The second-order valence-corrected chi connectivity index (χ2v) is 9.32. The molecule has 30 heavy (non-hydrogen) atoms. The zero-order valence-electron chi connectivity index (χ0n) is 16.6. The lowest BCUT2D eigenvalue weighted by Crippen LogP contribution is -2.18. The Balaban J connectivity index is 1.87. The van der Waals surface area contributed by atoms with Crippen molar-refractivity contribution in [2.24, 2.45) is 0 Å².